The number of fused-ring (bicyclic) bond motifs is 3. The molecule has 2 heterocycles. The van der Waals surface area contributed by atoms with E-state index in [1.165, 1.54) is 26.0 Å². The van der Waals surface area contributed by atoms with E-state index in [2.05, 4.69) is 12.2 Å². The summed E-state index contributed by atoms with van der Waals surface area (Å²) in [5, 5.41) is 3.49. The lowest BCUT2D eigenvalue weighted by Crippen LogP contribution is -2.42. The molecule has 1 N–H and O–H groups in total. The van der Waals surface area contributed by atoms with Crippen molar-refractivity contribution in [1.29, 1.82) is 0 Å². The second kappa shape index (κ2) is 11.5. The molecule has 1 aliphatic carbocycles. The molecule has 204 valence electrons. The Hall–Kier alpha value is -3.85. The Balaban J connectivity index is 1.51. The summed E-state index contributed by atoms with van der Waals surface area (Å²) in [5.41, 5.74) is 3.05. The maximum absolute atomic E-state index is 13.7. The Morgan fingerprint density at radius 1 is 0.949 bits per heavy atom. The minimum absolute atomic E-state index is 0.166. The van der Waals surface area contributed by atoms with Gasteiger partial charge < -0.3 is 14.8 Å². The third-order valence-electron chi connectivity index (χ3n) is 7.34. The topological polar surface area (TPSA) is 91.6 Å². The minimum atomic E-state index is -0.469. The number of carbonyl (C=O) groups excluding carboxylic acids is 1. The number of anilines is 1. The summed E-state index contributed by atoms with van der Waals surface area (Å²) >= 11 is 1.48. The van der Waals surface area contributed by atoms with Crippen molar-refractivity contribution in [3.63, 3.8) is 0 Å². The van der Waals surface area contributed by atoms with Crippen LogP contribution in [0.15, 0.2) is 52.1 Å². The summed E-state index contributed by atoms with van der Waals surface area (Å²) in [6.07, 6.45) is 5.14. The normalized spacial score (nSPS) is 12.8. The number of nitrogens with zero attached hydrogens (tertiary/aromatic N) is 2. The van der Waals surface area contributed by atoms with Crippen molar-refractivity contribution in [2.75, 3.05) is 19.5 Å². The van der Waals surface area contributed by atoms with Crippen LogP contribution in [0.3, 0.4) is 0 Å². The molecular weight excluding hydrogens is 514 g/mol. The van der Waals surface area contributed by atoms with Crippen LogP contribution in [-0.2, 0) is 43.6 Å². The van der Waals surface area contributed by atoms with Crippen LogP contribution >= 0.6 is 11.3 Å². The lowest BCUT2D eigenvalue weighted by molar-refractivity contribution is -0.116. The molecule has 0 saturated carbocycles. The molecule has 0 unspecified atom stereocenters. The molecule has 8 nitrogen and oxygen atoms in total. The second-order valence-corrected chi connectivity index (χ2v) is 10.8. The number of carbonyl (C=O) groups is 1. The van der Waals surface area contributed by atoms with Gasteiger partial charge in [-0.25, -0.2) is 4.79 Å². The average Bonchev–Trinajstić information content (AvgIpc) is 3.35. The standard InChI is InChI=1S/C30H33N3O5S/c1-4-19-9-12-21(13-10-19)31-26(34)18-33-29-27(22-7-5-6-8-25(22)39-29)28(35)32(30(33)36)16-15-20-11-14-23(37-2)24(17-20)38-3/h9-14,17H,4-8,15-16,18H2,1-3H3,(H,31,34). The SMILES string of the molecule is CCc1ccc(NC(=O)Cn2c(=O)n(CCc3ccc(OC)c(OC)c3)c(=O)c3c4c(sc32)CCCC4)cc1. The predicted octanol–water partition coefficient (Wildman–Crippen LogP) is 4.56. The van der Waals surface area contributed by atoms with Gasteiger partial charge in [0.1, 0.15) is 11.4 Å². The highest BCUT2D eigenvalue weighted by Gasteiger charge is 2.24. The summed E-state index contributed by atoms with van der Waals surface area (Å²) in [5.74, 6) is 0.896. The fourth-order valence-electron chi connectivity index (χ4n) is 5.20. The van der Waals surface area contributed by atoms with Gasteiger partial charge in [0.2, 0.25) is 5.91 Å². The van der Waals surface area contributed by atoms with E-state index in [-0.39, 0.29) is 24.6 Å². The fraction of sp³-hybridized carbons (Fsp3) is 0.367. The lowest BCUT2D eigenvalue weighted by Gasteiger charge is -2.14. The Morgan fingerprint density at radius 2 is 1.67 bits per heavy atom. The van der Waals surface area contributed by atoms with Gasteiger partial charge in [0.15, 0.2) is 11.5 Å². The number of rotatable bonds is 9. The number of ether oxygens (including phenoxy) is 2. The van der Waals surface area contributed by atoms with Gasteiger partial charge in [-0.05, 0) is 79.5 Å². The van der Waals surface area contributed by atoms with Crippen LogP contribution in [0.2, 0.25) is 0 Å². The van der Waals surface area contributed by atoms with Crippen LogP contribution in [0.4, 0.5) is 5.69 Å². The zero-order chi connectivity index (χ0) is 27.5. The molecule has 4 aromatic rings. The maximum atomic E-state index is 13.7. The van der Waals surface area contributed by atoms with Gasteiger partial charge in [0, 0.05) is 17.1 Å². The molecule has 0 aliphatic heterocycles. The first-order valence-corrected chi connectivity index (χ1v) is 14.1. The van der Waals surface area contributed by atoms with Crippen LogP contribution in [0.5, 0.6) is 11.5 Å². The first-order chi connectivity index (χ1) is 18.9. The predicted molar refractivity (Wildman–Crippen MR) is 155 cm³/mol. The van der Waals surface area contributed by atoms with Gasteiger partial charge in [-0.3, -0.25) is 18.7 Å². The van der Waals surface area contributed by atoms with Gasteiger partial charge >= 0.3 is 5.69 Å². The monoisotopic (exact) mass is 547 g/mol. The van der Waals surface area contributed by atoms with Crippen molar-refractivity contribution < 1.29 is 14.3 Å². The van der Waals surface area contributed by atoms with E-state index >= 15 is 0 Å². The highest BCUT2D eigenvalue weighted by Crippen LogP contribution is 2.34. The van der Waals surface area contributed by atoms with Crippen molar-refractivity contribution >= 4 is 33.1 Å². The van der Waals surface area contributed by atoms with E-state index < -0.39 is 5.69 Å². The van der Waals surface area contributed by atoms with Gasteiger partial charge in [-0.2, -0.15) is 0 Å². The van der Waals surface area contributed by atoms with E-state index in [1.807, 2.05) is 42.5 Å². The third kappa shape index (κ3) is 5.36. The molecule has 0 spiro atoms. The summed E-state index contributed by atoms with van der Waals surface area (Å²) < 4.78 is 13.5. The number of benzene rings is 2. The molecule has 2 aromatic heterocycles. The Bertz CT molecular complexity index is 1630. The molecule has 1 amide bonds. The number of aryl methyl sites for hydroxylation is 4. The van der Waals surface area contributed by atoms with E-state index in [1.54, 1.807) is 14.2 Å². The molecule has 1 aliphatic rings. The number of thiophene rings is 1. The molecule has 9 heteroatoms. The summed E-state index contributed by atoms with van der Waals surface area (Å²) in [4.78, 5) is 42.3. The van der Waals surface area contributed by atoms with E-state index in [0.717, 1.165) is 48.1 Å². The number of aromatic nitrogens is 2. The van der Waals surface area contributed by atoms with Crippen molar-refractivity contribution in [3.8, 4) is 11.5 Å². The first kappa shape index (κ1) is 26.7. The Labute approximate surface area is 230 Å². The highest BCUT2D eigenvalue weighted by atomic mass is 32.1. The smallest absolute Gasteiger partial charge is 0.332 e. The maximum Gasteiger partial charge on any atom is 0.332 e. The molecule has 0 radical (unpaired) electrons. The van der Waals surface area contributed by atoms with Crippen molar-refractivity contribution in [3.05, 3.63) is 84.9 Å². The van der Waals surface area contributed by atoms with E-state index in [0.29, 0.717) is 33.8 Å². The molecular formula is C30H33N3O5S. The third-order valence-corrected chi connectivity index (χ3v) is 8.65. The van der Waals surface area contributed by atoms with Crippen LogP contribution < -0.4 is 26.0 Å². The van der Waals surface area contributed by atoms with Crippen LogP contribution in [0.25, 0.3) is 10.2 Å². The zero-order valence-corrected chi connectivity index (χ0v) is 23.4. The summed E-state index contributed by atoms with van der Waals surface area (Å²) in [6.45, 7) is 2.10. The Morgan fingerprint density at radius 3 is 2.38 bits per heavy atom. The molecule has 5 rings (SSSR count). The van der Waals surface area contributed by atoms with Crippen LogP contribution in [0, 0.1) is 0 Å². The molecule has 39 heavy (non-hydrogen) atoms. The van der Waals surface area contributed by atoms with Gasteiger partial charge in [0.05, 0.1) is 19.6 Å². The largest absolute Gasteiger partial charge is 0.493 e. The van der Waals surface area contributed by atoms with Gasteiger partial charge in [-0.15, -0.1) is 11.3 Å². The molecule has 0 fully saturated rings. The number of hydrogen-bond donors (Lipinski definition) is 1. The van der Waals surface area contributed by atoms with E-state index in [4.69, 9.17) is 9.47 Å². The minimum Gasteiger partial charge on any atom is -0.493 e. The van der Waals surface area contributed by atoms with Crippen LogP contribution in [0.1, 0.15) is 41.3 Å². The zero-order valence-electron chi connectivity index (χ0n) is 22.5. The molecule has 0 saturated heterocycles. The fourth-order valence-corrected chi connectivity index (χ4v) is 6.57. The van der Waals surface area contributed by atoms with Crippen LogP contribution in [-0.4, -0.2) is 29.3 Å². The summed E-state index contributed by atoms with van der Waals surface area (Å²) in [7, 11) is 3.15. The molecule has 2 aromatic carbocycles. The average molecular weight is 548 g/mol. The van der Waals surface area contributed by atoms with Crippen molar-refractivity contribution in [1.82, 2.24) is 9.13 Å². The Kier molecular flexibility index (Phi) is 7.88. The first-order valence-electron chi connectivity index (χ1n) is 13.3. The summed E-state index contributed by atoms with van der Waals surface area (Å²) in [6, 6.07) is 13.2. The molecule has 0 atom stereocenters. The van der Waals surface area contributed by atoms with E-state index in [9.17, 15) is 14.4 Å². The molecule has 0 bridgehead atoms. The number of amides is 1. The number of hydrogen-bond acceptors (Lipinski definition) is 6. The quantitative estimate of drug-likeness (QED) is 0.332. The highest BCUT2D eigenvalue weighted by molar-refractivity contribution is 7.18. The van der Waals surface area contributed by atoms with Gasteiger partial charge in [-0.1, -0.05) is 25.1 Å². The number of nitrogens with one attached hydrogen (secondary N) is 1. The second-order valence-electron chi connectivity index (χ2n) is 9.75. The van der Waals surface area contributed by atoms with Gasteiger partial charge in [0.25, 0.3) is 5.56 Å². The van der Waals surface area contributed by atoms with Crippen molar-refractivity contribution in [2.45, 2.75) is 58.5 Å². The van der Waals surface area contributed by atoms with Crippen molar-refractivity contribution in [2.24, 2.45) is 0 Å². The lowest BCUT2D eigenvalue weighted by atomic mass is 9.97. The number of methoxy groups -OCH3 is 2.